The minimum atomic E-state index is -1.85. The molecule has 3 N–H and O–H groups in total. The van der Waals surface area contributed by atoms with E-state index in [4.69, 9.17) is 27.7 Å². The normalized spacial score (nSPS) is 11.9. The van der Waals surface area contributed by atoms with E-state index in [-0.39, 0.29) is 11.4 Å². The maximum Gasteiger partial charge on any atom is 0.323 e. The lowest BCUT2D eigenvalue weighted by atomic mass is 9.83. The van der Waals surface area contributed by atoms with E-state index in [2.05, 4.69) is 25.1 Å². The van der Waals surface area contributed by atoms with E-state index in [0.717, 1.165) is 5.56 Å². The molecule has 1 aromatic carbocycles. The first-order valence-corrected chi connectivity index (χ1v) is 10.7. The molecule has 166 valence electrons. The van der Waals surface area contributed by atoms with Crippen molar-refractivity contribution in [1.82, 2.24) is 25.1 Å². The van der Waals surface area contributed by atoms with Gasteiger partial charge in [0.15, 0.2) is 5.60 Å². The Hall–Kier alpha value is -3.46. The second-order valence-electron chi connectivity index (χ2n) is 7.66. The number of aromatic amines is 2. The van der Waals surface area contributed by atoms with Crippen LogP contribution < -0.4 is 5.69 Å². The molecule has 0 bridgehead atoms. The van der Waals surface area contributed by atoms with Crippen LogP contribution in [-0.4, -0.2) is 30.2 Å². The first-order chi connectivity index (χ1) is 15.8. The summed E-state index contributed by atoms with van der Waals surface area (Å²) >= 11 is 12.1. The molecule has 33 heavy (non-hydrogen) atoms. The topological polar surface area (TPSA) is 121 Å². The number of fused-ring (bicyclic) bond motifs is 1. The van der Waals surface area contributed by atoms with Crippen LogP contribution in [0.5, 0.6) is 0 Å². The zero-order valence-corrected chi connectivity index (χ0v) is 19.0. The quantitative estimate of drug-likeness (QED) is 0.347. The SMILES string of the molecule is Cc1noc(C)c1-c1cc(C(O)(c2ccc(Cl)cn2)c2ccc(Cl)cn2)c2[nH]c(=O)[nH]c2c1. The van der Waals surface area contributed by atoms with E-state index in [0.29, 0.717) is 43.7 Å². The van der Waals surface area contributed by atoms with Crippen LogP contribution in [0.2, 0.25) is 10.0 Å². The van der Waals surface area contributed by atoms with Gasteiger partial charge < -0.3 is 19.6 Å². The van der Waals surface area contributed by atoms with Gasteiger partial charge in [-0.1, -0.05) is 28.4 Å². The molecule has 0 spiro atoms. The summed E-state index contributed by atoms with van der Waals surface area (Å²) in [6.07, 6.45) is 2.87. The van der Waals surface area contributed by atoms with Crippen molar-refractivity contribution in [1.29, 1.82) is 0 Å². The van der Waals surface area contributed by atoms with E-state index in [9.17, 15) is 9.90 Å². The van der Waals surface area contributed by atoms with E-state index >= 15 is 0 Å². The Morgan fingerprint density at radius 2 is 1.61 bits per heavy atom. The van der Waals surface area contributed by atoms with Crippen LogP contribution >= 0.6 is 23.2 Å². The van der Waals surface area contributed by atoms with Gasteiger partial charge in [-0.2, -0.15) is 0 Å². The Balaban J connectivity index is 1.89. The minimum absolute atomic E-state index is 0.265. The Morgan fingerprint density at radius 3 is 2.12 bits per heavy atom. The molecule has 0 fully saturated rings. The van der Waals surface area contributed by atoms with E-state index in [1.165, 1.54) is 12.4 Å². The van der Waals surface area contributed by atoms with Gasteiger partial charge in [0.25, 0.3) is 0 Å². The summed E-state index contributed by atoms with van der Waals surface area (Å²) in [5.74, 6) is 0.605. The molecule has 4 heterocycles. The lowest BCUT2D eigenvalue weighted by Gasteiger charge is -2.29. The van der Waals surface area contributed by atoms with Crippen molar-refractivity contribution in [2.75, 3.05) is 0 Å². The number of halogens is 2. The molecule has 4 aromatic heterocycles. The standard InChI is InChI=1S/C23H17Cl2N5O3/c1-11-20(12(2)33-30-11)13-7-16(21-17(8-13)28-22(31)29-21)23(32,18-5-3-14(24)9-26-18)19-6-4-15(25)10-27-19/h3-10,32H,1-2H3,(H2,28,29,31). The highest BCUT2D eigenvalue weighted by Gasteiger charge is 2.39. The Bertz CT molecular complexity index is 1470. The highest BCUT2D eigenvalue weighted by Crippen LogP contribution is 2.41. The lowest BCUT2D eigenvalue weighted by Crippen LogP contribution is -2.31. The third-order valence-corrected chi connectivity index (χ3v) is 5.98. The van der Waals surface area contributed by atoms with Gasteiger partial charge in [-0.15, -0.1) is 0 Å². The monoisotopic (exact) mass is 481 g/mol. The van der Waals surface area contributed by atoms with Gasteiger partial charge in [0.05, 0.1) is 38.2 Å². The summed E-state index contributed by atoms with van der Waals surface area (Å²) in [5.41, 5.74) is 1.65. The maximum atomic E-state index is 12.3. The number of aliphatic hydroxyl groups is 1. The summed E-state index contributed by atoms with van der Waals surface area (Å²) in [4.78, 5) is 26.6. The molecule has 0 amide bonds. The Morgan fingerprint density at radius 1 is 0.970 bits per heavy atom. The smallest absolute Gasteiger partial charge is 0.323 e. The van der Waals surface area contributed by atoms with Gasteiger partial charge in [0.2, 0.25) is 0 Å². The second-order valence-corrected chi connectivity index (χ2v) is 8.53. The van der Waals surface area contributed by atoms with Crippen molar-refractivity contribution in [3.05, 3.63) is 97.7 Å². The van der Waals surface area contributed by atoms with E-state index < -0.39 is 11.3 Å². The Labute approximate surface area is 197 Å². The van der Waals surface area contributed by atoms with Crippen molar-refractivity contribution < 1.29 is 9.63 Å². The third-order valence-electron chi connectivity index (χ3n) is 5.53. The largest absolute Gasteiger partial charge is 0.373 e. The van der Waals surface area contributed by atoms with Crippen LogP contribution in [0.4, 0.5) is 0 Å². The highest BCUT2D eigenvalue weighted by atomic mass is 35.5. The van der Waals surface area contributed by atoms with Gasteiger partial charge >= 0.3 is 5.69 Å². The predicted octanol–water partition coefficient (Wildman–Crippen LogP) is 4.51. The zero-order chi connectivity index (χ0) is 23.3. The molecule has 0 unspecified atom stereocenters. The molecule has 8 nitrogen and oxygen atoms in total. The third kappa shape index (κ3) is 3.52. The zero-order valence-electron chi connectivity index (χ0n) is 17.5. The molecule has 0 radical (unpaired) electrons. The fourth-order valence-electron chi connectivity index (χ4n) is 4.05. The fourth-order valence-corrected chi connectivity index (χ4v) is 4.28. The number of aromatic nitrogens is 5. The molecule has 0 saturated carbocycles. The lowest BCUT2D eigenvalue weighted by molar-refractivity contribution is 0.117. The van der Waals surface area contributed by atoms with Crippen LogP contribution in [0.1, 0.15) is 28.4 Å². The molecular weight excluding hydrogens is 465 g/mol. The van der Waals surface area contributed by atoms with Crippen LogP contribution in [-0.2, 0) is 5.60 Å². The number of hydrogen-bond donors (Lipinski definition) is 3. The van der Waals surface area contributed by atoms with Gasteiger partial charge in [0, 0.05) is 23.5 Å². The molecular formula is C23H17Cl2N5O3. The number of aryl methyl sites for hydroxylation is 2. The van der Waals surface area contributed by atoms with Crippen LogP contribution in [0.3, 0.4) is 0 Å². The van der Waals surface area contributed by atoms with Crippen LogP contribution in [0.25, 0.3) is 22.2 Å². The number of H-pyrrole nitrogens is 2. The number of imidazole rings is 1. The summed E-state index contributed by atoms with van der Waals surface area (Å²) < 4.78 is 5.34. The van der Waals surface area contributed by atoms with Crippen molar-refractivity contribution in [3.63, 3.8) is 0 Å². The highest BCUT2D eigenvalue weighted by molar-refractivity contribution is 6.30. The summed E-state index contributed by atoms with van der Waals surface area (Å²) in [5, 5.41) is 17.1. The number of nitrogens with one attached hydrogen (secondary N) is 2. The molecule has 10 heteroatoms. The van der Waals surface area contributed by atoms with E-state index in [1.807, 2.05) is 6.92 Å². The second kappa shape index (κ2) is 7.84. The van der Waals surface area contributed by atoms with Crippen molar-refractivity contribution in [3.8, 4) is 11.1 Å². The summed E-state index contributed by atoms with van der Waals surface area (Å²) in [6.45, 7) is 3.62. The van der Waals surface area contributed by atoms with Crippen molar-refractivity contribution in [2.24, 2.45) is 0 Å². The molecule has 0 aliphatic rings. The van der Waals surface area contributed by atoms with Crippen molar-refractivity contribution in [2.45, 2.75) is 19.4 Å². The van der Waals surface area contributed by atoms with Crippen LogP contribution in [0.15, 0.2) is 58.1 Å². The van der Waals surface area contributed by atoms with Gasteiger partial charge in [-0.05, 0) is 55.8 Å². The number of pyridine rings is 2. The molecule has 0 aliphatic heterocycles. The molecule has 0 aliphatic carbocycles. The minimum Gasteiger partial charge on any atom is -0.373 e. The van der Waals surface area contributed by atoms with Gasteiger partial charge in [0.1, 0.15) is 5.76 Å². The van der Waals surface area contributed by atoms with Gasteiger partial charge in [-0.25, -0.2) is 4.79 Å². The van der Waals surface area contributed by atoms with Crippen LogP contribution in [0, 0.1) is 13.8 Å². The maximum absolute atomic E-state index is 12.3. The summed E-state index contributed by atoms with van der Waals surface area (Å²) in [7, 11) is 0. The molecule has 5 rings (SSSR count). The molecule has 5 aromatic rings. The number of benzene rings is 1. The van der Waals surface area contributed by atoms with Crippen molar-refractivity contribution >= 4 is 34.2 Å². The number of hydrogen-bond acceptors (Lipinski definition) is 6. The predicted molar refractivity (Wildman–Crippen MR) is 124 cm³/mol. The Kier molecular flexibility index (Phi) is 5.08. The van der Waals surface area contributed by atoms with E-state index in [1.54, 1.807) is 43.3 Å². The first kappa shape index (κ1) is 21.4. The molecule has 0 saturated heterocycles. The fraction of sp³-hybridized carbons (Fsp3) is 0.130. The summed E-state index contributed by atoms with van der Waals surface area (Å²) in [6, 6.07) is 10.0. The van der Waals surface area contributed by atoms with Gasteiger partial charge in [-0.3, -0.25) is 9.97 Å². The molecule has 0 atom stereocenters. The first-order valence-electron chi connectivity index (χ1n) is 9.93. The average molecular weight is 482 g/mol. The number of rotatable bonds is 4. The average Bonchev–Trinajstić information content (AvgIpc) is 3.33. The number of nitrogens with zero attached hydrogens (tertiary/aromatic N) is 3.